The third kappa shape index (κ3) is 7.77. The largest absolute Gasteiger partial charge is 0.478 e. The highest BCUT2D eigenvalue weighted by Gasteiger charge is 2.42. The van der Waals surface area contributed by atoms with E-state index in [0.717, 1.165) is 56.9 Å². The first-order chi connectivity index (χ1) is 18.4. The smallest absolute Gasteiger partial charge is 0.410 e. The Morgan fingerprint density at radius 3 is 2.36 bits per heavy atom. The molecule has 2 saturated heterocycles. The minimum absolute atomic E-state index is 0.0565. The van der Waals surface area contributed by atoms with Crippen molar-refractivity contribution in [3.63, 3.8) is 0 Å². The lowest BCUT2D eigenvalue weighted by atomic mass is 9.79. The topological polar surface area (TPSA) is 73.3 Å². The number of likely N-dealkylation sites (N-methyl/N-ethyl adjacent to an activating group) is 1. The minimum Gasteiger partial charge on any atom is -0.478 e. The number of piperidine rings is 1. The maximum absolute atomic E-state index is 12.7. The van der Waals surface area contributed by atoms with Crippen molar-refractivity contribution in [2.24, 2.45) is 5.92 Å². The van der Waals surface area contributed by atoms with Crippen LogP contribution in [0.1, 0.15) is 62.9 Å². The van der Waals surface area contributed by atoms with Crippen LogP contribution in [0.2, 0.25) is 0 Å². The predicted molar refractivity (Wildman–Crippen MR) is 156 cm³/mol. The van der Waals surface area contributed by atoms with Crippen molar-refractivity contribution in [1.29, 1.82) is 0 Å². The van der Waals surface area contributed by atoms with E-state index in [4.69, 9.17) is 4.74 Å². The zero-order chi connectivity index (χ0) is 28.2. The van der Waals surface area contributed by atoms with Crippen LogP contribution in [0.15, 0.2) is 59.5 Å². The Balaban J connectivity index is 1.37. The van der Waals surface area contributed by atoms with Gasteiger partial charge < -0.3 is 19.6 Å². The fourth-order valence-electron chi connectivity index (χ4n) is 5.93. The van der Waals surface area contributed by atoms with Gasteiger partial charge in [0.1, 0.15) is 5.60 Å². The number of ether oxygens (including phenoxy) is 1. The van der Waals surface area contributed by atoms with Gasteiger partial charge in [-0.25, -0.2) is 13.9 Å². The standard InChI is InChI=1S/C31H43N3O4S/c1-30(2,3)38-29(37)34-19-15-24-21-33(18-16-27(24)34)20-17-31(4,25-9-7-6-8-10-25)22-32(5)39-26-13-11-23(12-14-26)28(35)36/h6-14,24,27H,15-22H2,1-5H3,(H,35,36). The lowest BCUT2D eigenvalue weighted by Gasteiger charge is -2.40. The zero-order valence-electron chi connectivity index (χ0n) is 23.9. The number of carbonyl (C=O) groups is 2. The summed E-state index contributed by atoms with van der Waals surface area (Å²) in [7, 11) is 2.10. The summed E-state index contributed by atoms with van der Waals surface area (Å²) in [5.41, 5.74) is 1.10. The Morgan fingerprint density at radius 2 is 1.72 bits per heavy atom. The maximum atomic E-state index is 12.7. The molecule has 2 aromatic carbocycles. The summed E-state index contributed by atoms with van der Waals surface area (Å²) in [6, 6.07) is 18.1. The Hall–Kier alpha value is -2.55. The van der Waals surface area contributed by atoms with E-state index in [1.165, 1.54) is 5.56 Å². The minimum atomic E-state index is -0.907. The average molecular weight is 554 g/mol. The SMILES string of the molecule is CN(CC(C)(CCN1CCC2C(CCN2C(=O)OC(C)(C)C)C1)c1ccccc1)Sc1ccc(C(=O)O)cc1. The molecule has 212 valence electrons. The van der Waals surface area contributed by atoms with E-state index in [0.29, 0.717) is 11.5 Å². The Kier molecular flexibility index (Phi) is 9.29. The van der Waals surface area contributed by atoms with Crippen LogP contribution in [0.25, 0.3) is 0 Å². The summed E-state index contributed by atoms with van der Waals surface area (Å²) in [6.45, 7) is 12.8. The quantitative estimate of drug-likeness (QED) is 0.382. The van der Waals surface area contributed by atoms with E-state index in [9.17, 15) is 14.7 Å². The molecule has 1 amide bonds. The number of carboxylic acids is 1. The number of fused-ring (bicyclic) bond motifs is 1. The van der Waals surface area contributed by atoms with E-state index in [1.54, 1.807) is 24.1 Å². The number of rotatable bonds is 9. The Bertz CT molecular complexity index is 1120. The van der Waals surface area contributed by atoms with Gasteiger partial charge in [-0.2, -0.15) is 0 Å². The number of aromatic carboxylic acids is 1. The molecule has 8 heteroatoms. The number of hydrogen-bond acceptors (Lipinski definition) is 6. The van der Waals surface area contributed by atoms with Crippen molar-refractivity contribution in [1.82, 2.24) is 14.1 Å². The highest BCUT2D eigenvalue weighted by molar-refractivity contribution is 7.97. The number of benzene rings is 2. The van der Waals surface area contributed by atoms with Gasteiger partial charge in [0.15, 0.2) is 0 Å². The van der Waals surface area contributed by atoms with Gasteiger partial charge in [-0.1, -0.05) is 37.3 Å². The molecule has 0 radical (unpaired) electrons. The second kappa shape index (κ2) is 12.3. The van der Waals surface area contributed by atoms with Crippen LogP contribution in [0, 0.1) is 5.92 Å². The molecule has 0 saturated carbocycles. The Morgan fingerprint density at radius 1 is 1.03 bits per heavy atom. The second-order valence-electron chi connectivity index (χ2n) is 12.3. The monoisotopic (exact) mass is 553 g/mol. The van der Waals surface area contributed by atoms with Gasteiger partial charge in [-0.3, -0.25) is 0 Å². The Labute approximate surface area is 237 Å². The number of likely N-dealkylation sites (tertiary alicyclic amines) is 2. The van der Waals surface area contributed by atoms with Crippen molar-refractivity contribution in [3.8, 4) is 0 Å². The third-order valence-corrected chi connectivity index (χ3v) is 8.86. The van der Waals surface area contributed by atoms with Gasteiger partial charge in [0.2, 0.25) is 0 Å². The first-order valence-corrected chi connectivity index (χ1v) is 14.7. The molecule has 1 N–H and O–H groups in total. The summed E-state index contributed by atoms with van der Waals surface area (Å²) in [5.74, 6) is -0.406. The lowest BCUT2D eigenvalue weighted by molar-refractivity contribution is 0.0140. The number of amides is 1. The molecule has 0 aromatic heterocycles. The summed E-state index contributed by atoms with van der Waals surface area (Å²) in [6.07, 6.45) is 2.88. The van der Waals surface area contributed by atoms with E-state index in [-0.39, 0.29) is 17.6 Å². The van der Waals surface area contributed by atoms with Gasteiger partial charge >= 0.3 is 12.1 Å². The normalized spacial score (nSPS) is 21.4. The van der Waals surface area contributed by atoms with E-state index in [1.807, 2.05) is 37.8 Å². The molecule has 39 heavy (non-hydrogen) atoms. The number of hydrogen-bond donors (Lipinski definition) is 1. The van der Waals surface area contributed by atoms with Gasteiger partial charge in [0.25, 0.3) is 0 Å². The summed E-state index contributed by atoms with van der Waals surface area (Å²) in [4.78, 5) is 29.5. The van der Waals surface area contributed by atoms with Gasteiger partial charge in [0, 0.05) is 42.5 Å². The van der Waals surface area contributed by atoms with E-state index >= 15 is 0 Å². The van der Waals surface area contributed by atoms with Gasteiger partial charge in [0.05, 0.1) is 5.56 Å². The van der Waals surface area contributed by atoms with E-state index in [2.05, 4.69) is 53.5 Å². The molecule has 2 heterocycles. The molecule has 2 aliphatic heterocycles. The molecule has 7 nitrogen and oxygen atoms in total. The predicted octanol–water partition coefficient (Wildman–Crippen LogP) is 6.00. The van der Waals surface area contributed by atoms with E-state index < -0.39 is 11.6 Å². The van der Waals surface area contributed by atoms with Gasteiger partial charge in [-0.05, 0) is 101 Å². The van der Waals surface area contributed by atoms with Crippen LogP contribution in [0.5, 0.6) is 0 Å². The van der Waals surface area contributed by atoms with Crippen molar-refractivity contribution >= 4 is 24.0 Å². The molecule has 3 atom stereocenters. The second-order valence-corrected chi connectivity index (χ2v) is 13.5. The molecule has 2 aromatic rings. The summed E-state index contributed by atoms with van der Waals surface area (Å²) < 4.78 is 7.93. The van der Waals surface area contributed by atoms with Crippen molar-refractivity contribution in [2.45, 2.75) is 68.9 Å². The number of carboxylic acid groups (broad SMARTS) is 1. The summed E-state index contributed by atoms with van der Waals surface area (Å²) >= 11 is 1.64. The fourth-order valence-corrected chi connectivity index (χ4v) is 6.90. The van der Waals surface area contributed by atoms with Crippen molar-refractivity contribution in [2.75, 3.05) is 39.8 Å². The lowest BCUT2D eigenvalue weighted by Crippen LogP contribution is -2.49. The molecule has 0 aliphatic carbocycles. The fraction of sp³-hybridized carbons (Fsp3) is 0.548. The van der Waals surface area contributed by atoms with Crippen LogP contribution in [-0.2, 0) is 10.2 Å². The number of carbonyl (C=O) groups excluding carboxylic acids is 1. The molecule has 4 rings (SSSR count). The van der Waals surface area contributed by atoms with Gasteiger partial charge in [-0.15, -0.1) is 0 Å². The highest BCUT2D eigenvalue weighted by atomic mass is 32.2. The van der Waals surface area contributed by atoms with Crippen LogP contribution < -0.4 is 0 Å². The van der Waals surface area contributed by atoms with Crippen LogP contribution in [0.3, 0.4) is 0 Å². The molecule has 0 bridgehead atoms. The summed E-state index contributed by atoms with van der Waals surface area (Å²) in [5, 5.41) is 9.19. The first kappa shape index (κ1) is 29.4. The number of nitrogens with zero attached hydrogens (tertiary/aromatic N) is 3. The molecule has 3 unspecified atom stereocenters. The maximum Gasteiger partial charge on any atom is 0.410 e. The average Bonchev–Trinajstić information content (AvgIpc) is 3.31. The van der Waals surface area contributed by atoms with Crippen LogP contribution in [0.4, 0.5) is 4.79 Å². The molecule has 0 spiro atoms. The molecular weight excluding hydrogens is 510 g/mol. The molecular formula is C31H43N3O4S. The van der Waals surface area contributed by atoms with Crippen molar-refractivity contribution < 1.29 is 19.4 Å². The first-order valence-electron chi connectivity index (χ1n) is 13.9. The highest BCUT2D eigenvalue weighted by Crippen LogP contribution is 2.36. The zero-order valence-corrected chi connectivity index (χ0v) is 24.7. The van der Waals surface area contributed by atoms with Crippen molar-refractivity contribution in [3.05, 3.63) is 65.7 Å². The third-order valence-electron chi connectivity index (χ3n) is 7.93. The van der Waals surface area contributed by atoms with Crippen LogP contribution in [-0.4, -0.2) is 82.7 Å². The molecule has 2 fully saturated rings. The van der Waals surface area contributed by atoms with Crippen LogP contribution >= 0.6 is 11.9 Å². The molecule has 2 aliphatic rings.